The predicted octanol–water partition coefficient (Wildman–Crippen LogP) is 1.96. The highest BCUT2D eigenvalue weighted by atomic mass is 32.2. The molecule has 0 bridgehead atoms. The van der Waals surface area contributed by atoms with Gasteiger partial charge in [0.2, 0.25) is 15.9 Å². The third kappa shape index (κ3) is 6.70. The van der Waals surface area contributed by atoms with Crippen LogP contribution in [0.5, 0.6) is 0 Å². The Kier molecular flexibility index (Phi) is 8.06. The van der Waals surface area contributed by atoms with Gasteiger partial charge in [-0.15, -0.1) is 0 Å². The lowest BCUT2D eigenvalue weighted by atomic mass is 10.1. The molecule has 1 saturated heterocycles. The van der Waals surface area contributed by atoms with Crippen molar-refractivity contribution in [3.63, 3.8) is 0 Å². The molecule has 1 amide bonds. The molecule has 0 radical (unpaired) electrons. The Balaban J connectivity index is 1.64. The van der Waals surface area contributed by atoms with E-state index in [1.54, 1.807) is 18.2 Å². The number of hydrogen-bond acceptors (Lipinski definition) is 4. The van der Waals surface area contributed by atoms with Gasteiger partial charge in [-0.3, -0.25) is 4.79 Å². The van der Waals surface area contributed by atoms with E-state index in [4.69, 9.17) is 0 Å². The quantitative estimate of drug-likeness (QED) is 0.641. The standard InChI is InChI=1S/C19H31N3O3S/c1-16-7-8-18(15-17(16)2)26(24,25)21-11-9-19(23)20-10-6-14-22-12-4-3-5-13-22/h7-8,15,21H,3-6,9-14H2,1-2H3,(H,20,23). The Labute approximate surface area is 157 Å². The van der Waals surface area contributed by atoms with Crippen LogP contribution in [0.15, 0.2) is 23.1 Å². The van der Waals surface area contributed by atoms with Gasteiger partial charge in [0.15, 0.2) is 0 Å². The molecule has 26 heavy (non-hydrogen) atoms. The van der Waals surface area contributed by atoms with Crippen LogP contribution in [0.4, 0.5) is 0 Å². The van der Waals surface area contributed by atoms with Crippen LogP contribution in [0.1, 0.15) is 43.2 Å². The minimum absolute atomic E-state index is 0.104. The summed E-state index contributed by atoms with van der Waals surface area (Å²) in [6.45, 7) is 7.90. The van der Waals surface area contributed by atoms with Gasteiger partial charge in [0.1, 0.15) is 0 Å². The maximum atomic E-state index is 12.3. The third-order valence-electron chi connectivity index (χ3n) is 4.85. The van der Waals surface area contributed by atoms with Crippen molar-refractivity contribution < 1.29 is 13.2 Å². The molecule has 7 heteroatoms. The topological polar surface area (TPSA) is 78.5 Å². The van der Waals surface area contributed by atoms with Crippen LogP contribution in [0.25, 0.3) is 0 Å². The van der Waals surface area contributed by atoms with Crippen molar-refractivity contribution in [2.45, 2.75) is 50.8 Å². The average Bonchev–Trinajstić information content (AvgIpc) is 2.62. The Morgan fingerprint density at radius 1 is 1.08 bits per heavy atom. The minimum atomic E-state index is -3.57. The second kappa shape index (κ2) is 10.0. The SMILES string of the molecule is Cc1ccc(S(=O)(=O)NCCC(=O)NCCCN2CCCCC2)cc1C. The number of carbonyl (C=O) groups is 1. The summed E-state index contributed by atoms with van der Waals surface area (Å²) in [5.41, 5.74) is 1.98. The van der Waals surface area contributed by atoms with Crippen LogP contribution in [-0.4, -0.2) is 51.9 Å². The number of benzene rings is 1. The van der Waals surface area contributed by atoms with Gasteiger partial charge in [-0.1, -0.05) is 12.5 Å². The molecule has 6 nitrogen and oxygen atoms in total. The fourth-order valence-corrected chi connectivity index (χ4v) is 4.18. The zero-order valence-corrected chi connectivity index (χ0v) is 16.7. The number of sulfonamides is 1. The largest absolute Gasteiger partial charge is 0.356 e. The number of nitrogens with zero attached hydrogens (tertiary/aromatic N) is 1. The van der Waals surface area contributed by atoms with Gasteiger partial charge in [-0.2, -0.15) is 0 Å². The summed E-state index contributed by atoms with van der Waals surface area (Å²) in [6, 6.07) is 5.03. The molecule has 1 aromatic carbocycles. The maximum absolute atomic E-state index is 12.3. The predicted molar refractivity (Wildman–Crippen MR) is 104 cm³/mol. The van der Waals surface area contributed by atoms with Crippen molar-refractivity contribution in [2.75, 3.05) is 32.7 Å². The minimum Gasteiger partial charge on any atom is -0.356 e. The fraction of sp³-hybridized carbons (Fsp3) is 0.632. The molecule has 1 aliphatic heterocycles. The summed E-state index contributed by atoms with van der Waals surface area (Å²) in [7, 11) is -3.57. The lowest BCUT2D eigenvalue weighted by Crippen LogP contribution is -2.34. The van der Waals surface area contributed by atoms with Crippen LogP contribution in [-0.2, 0) is 14.8 Å². The van der Waals surface area contributed by atoms with Gasteiger partial charge in [0.25, 0.3) is 0 Å². The van der Waals surface area contributed by atoms with Gasteiger partial charge < -0.3 is 10.2 Å². The molecule has 0 saturated carbocycles. The Morgan fingerprint density at radius 2 is 1.81 bits per heavy atom. The number of aryl methyl sites for hydroxylation is 2. The van der Waals surface area contributed by atoms with Gasteiger partial charge in [-0.25, -0.2) is 13.1 Å². The number of likely N-dealkylation sites (tertiary alicyclic amines) is 1. The van der Waals surface area contributed by atoms with E-state index in [0.29, 0.717) is 6.54 Å². The van der Waals surface area contributed by atoms with Crippen LogP contribution in [0.2, 0.25) is 0 Å². The van der Waals surface area contributed by atoms with Gasteiger partial charge in [0.05, 0.1) is 4.90 Å². The lowest BCUT2D eigenvalue weighted by molar-refractivity contribution is -0.120. The molecule has 1 aliphatic rings. The Bertz CT molecular complexity index is 698. The molecule has 2 N–H and O–H groups in total. The van der Waals surface area contributed by atoms with E-state index in [0.717, 1.165) is 37.2 Å². The summed E-state index contributed by atoms with van der Waals surface area (Å²) in [5.74, 6) is -0.119. The summed E-state index contributed by atoms with van der Waals surface area (Å²) in [5, 5.41) is 2.86. The molecule has 0 unspecified atom stereocenters. The van der Waals surface area contributed by atoms with Gasteiger partial charge in [-0.05, 0) is 76.0 Å². The van der Waals surface area contributed by atoms with E-state index in [1.807, 2.05) is 13.8 Å². The van der Waals surface area contributed by atoms with Crippen LogP contribution < -0.4 is 10.0 Å². The number of nitrogens with one attached hydrogen (secondary N) is 2. The van der Waals surface area contributed by atoms with Gasteiger partial charge >= 0.3 is 0 Å². The number of hydrogen-bond donors (Lipinski definition) is 2. The van der Waals surface area contributed by atoms with Crippen molar-refractivity contribution in [2.24, 2.45) is 0 Å². The first kappa shape index (κ1) is 20.9. The molecule has 0 spiro atoms. The normalized spacial score (nSPS) is 15.8. The molecule has 146 valence electrons. The molecule has 1 aromatic rings. The van der Waals surface area contributed by atoms with E-state index in [9.17, 15) is 13.2 Å². The van der Waals surface area contributed by atoms with E-state index in [-0.39, 0.29) is 23.8 Å². The molecule has 1 fully saturated rings. The lowest BCUT2D eigenvalue weighted by Gasteiger charge is -2.26. The molecule has 1 heterocycles. The van der Waals surface area contributed by atoms with Crippen molar-refractivity contribution in [3.05, 3.63) is 29.3 Å². The monoisotopic (exact) mass is 381 g/mol. The zero-order chi connectivity index (χ0) is 19.0. The van der Waals surface area contributed by atoms with Crippen LogP contribution in [0.3, 0.4) is 0 Å². The number of piperidine rings is 1. The van der Waals surface area contributed by atoms with E-state index < -0.39 is 10.0 Å². The first-order valence-corrected chi connectivity index (χ1v) is 10.9. The maximum Gasteiger partial charge on any atom is 0.240 e. The van der Waals surface area contributed by atoms with E-state index >= 15 is 0 Å². The van der Waals surface area contributed by atoms with Crippen molar-refractivity contribution in [3.8, 4) is 0 Å². The van der Waals surface area contributed by atoms with Crippen LogP contribution in [0, 0.1) is 13.8 Å². The van der Waals surface area contributed by atoms with E-state index in [2.05, 4.69) is 14.9 Å². The third-order valence-corrected chi connectivity index (χ3v) is 6.31. The highest BCUT2D eigenvalue weighted by molar-refractivity contribution is 7.89. The fourth-order valence-electron chi connectivity index (χ4n) is 3.07. The molecule has 2 rings (SSSR count). The summed E-state index contributed by atoms with van der Waals surface area (Å²) in [6.07, 6.45) is 4.94. The second-order valence-electron chi connectivity index (χ2n) is 7.00. The van der Waals surface area contributed by atoms with Crippen molar-refractivity contribution in [1.29, 1.82) is 0 Å². The molecule has 0 atom stereocenters. The zero-order valence-electron chi connectivity index (χ0n) is 15.9. The molecular formula is C19H31N3O3S. The number of rotatable bonds is 9. The highest BCUT2D eigenvalue weighted by Gasteiger charge is 2.15. The smallest absolute Gasteiger partial charge is 0.240 e. The summed E-state index contributed by atoms with van der Waals surface area (Å²) in [4.78, 5) is 14.5. The molecular weight excluding hydrogens is 350 g/mol. The van der Waals surface area contributed by atoms with Crippen molar-refractivity contribution in [1.82, 2.24) is 14.9 Å². The van der Waals surface area contributed by atoms with Gasteiger partial charge in [0, 0.05) is 19.5 Å². The van der Waals surface area contributed by atoms with E-state index in [1.165, 1.54) is 19.3 Å². The summed E-state index contributed by atoms with van der Waals surface area (Å²) >= 11 is 0. The average molecular weight is 382 g/mol. The summed E-state index contributed by atoms with van der Waals surface area (Å²) < 4.78 is 27.0. The first-order chi connectivity index (χ1) is 12.4. The molecule has 0 aromatic heterocycles. The van der Waals surface area contributed by atoms with Crippen LogP contribution >= 0.6 is 0 Å². The Morgan fingerprint density at radius 3 is 2.50 bits per heavy atom. The second-order valence-corrected chi connectivity index (χ2v) is 8.77. The highest BCUT2D eigenvalue weighted by Crippen LogP contribution is 2.14. The van der Waals surface area contributed by atoms with Crippen molar-refractivity contribution >= 4 is 15.9 Å². The Hall–Kier alpha value is -1.44. The first-order valence-electron chi connectivity index (χ1n) is 9.44. The number of amides is 1. The molecule has 0 aliphatic carbocycles. The number of carbonyl (C=O) groups excluding carboxylic acids is 1.